The lowest BCUT2D eigenvalue weighted by atomic mass is 9.95. The summed E-state index contributed by atoms with van der Waals surface area (Å²) in [6.07, 6.45) is 0. The Kier molecular flexibility index (Phi) is 5.96. The number of aliphatic hydroxyl groups excluding tert-OH is 1. The van der Waals surface area contributed by atoms with Crippen LogP contribution in [-0.4, -0.2) is 33.8 Å². The quantitative estimate of drug-likeness (QED) is 0.123. The molecule has 1 aliphatic rings. The number of carbonyl (C=O) groups is 2. The fourth-order valence-corrected chi connectivity index (χ4v) is 5.69. The van der Waals surface area contributed by atoms with Crippen molar-refractivity contribution >= 4 is 49.8 Å². The first kappa shape index (κ1) is 24.1. The number of amides is 1. The van der Waals surface area contributed by atoms with E-state index >= 15 is 0 Å². The Morgan fingerprint density at radius 2 is 1.84 bits per heavy atom. The third kappa shape index (κ3) is 4.11. The molecule has 1 fully saturated rings. The number of nitrogens with zero attached hydrogens (tertiary/aromatic N) is 3. The van der Waals surface area contributed by atoms with Crippen LogP contribution in [0.1, 0.15) is 28.3 Å². The smallest absolute Gasteiger partial charge is 0.301 e. The lowest BCUT2D eigenvalue weighted by Crippen LogP contribution is -2.29. The third-order valence-corrected chi connectivity index (χ3v) is 7.23. The van der Waals surface area contributed by atoms with Crippen molar-refractivity contribution in [1.82, 2.24) is 4.98 Å². The monoisotopic (exact) mass is 515 g/mol. The van der Waals surface area contributed by atoms with Crippen molar-refractivity contribution in [1.29, 1.82) is 0 Å². The molecule has 9 nitrogen and oxygen atoms in total. The number of fused-ring (bicyclic) bond motifs is 1. The summed E-state index contributed by atoms with van der Waals surface area (Å²) in [4.78, 5) is 43.6. The molecule has 1 aromatic heterocycles. The largest absolute Gasteiger partial charge is 0.507 e. The maximum absolute atomic E-state index is 13.4. The number of methoxy groups -OCH3 is 1. The Balaban J connectivity index is 1.75. The number of non-ortho nitro benzene ring substituents is 1. The molecule has 1 atom stereocenters. The summed E-state index contributed by atoms with van der Waals surface area (Å²) in [6, 6.07) is 14.8. The Bertz CT molecular complexity index is 1620. The van der Waals surface area contributed by atoms with Gasteiger partial charge in [0.25, 0.3) is 11.5 Å². The van der Waals surface area contributed by atoms with Crippen LogP contribution in [0.2, 0.25) is 0 Å². The molecule has 1 N–H and O–H groups in total. The van der Waals surface area contributed by atoms with E-state index in [4.69, 9.17) is 4.74 Å². The summed E-state index contributed by atoms with van der Waals surface area (Å²) < 4.78 is 6.00. The van der Waals surface area contributed by atoms with E-state index in [1.54, 1.807) is 30.3 Å². The van der Waals surface area contributed by atoms with E-state index in [-0.39, 0.29) is 16.4 Å². The lowest BCUT2D eigenvalue weighted by Gasteiger charge is -2.22. The first-order valence-electron chi connectivity index (χ1n) is 11.3. The van der Waals surface area contributed by atoms with Crippen LogP contribution < -0.4 is 9.64 Å². The maximum atomic E-state index is 13.4. The van der Waals surface area contributed by atoms with E-state index in [1.165, 1.54) is 41.5 Å². The van der Waals surface area contributed by atoms with Gasteiger partial charge in [-0.25, -0.2) is 4.98 Å². The number of rotatable bonds is 5. The molecular formula is C27H21N3O6S. The molecule has 3 aromatic carbocycles. The molecule has 186 valence electrons. The number of aromatic nitrogens is 1. The molecule has 0 bridgehead atoms. The zero-order chi connectivity index (χ0) is 26.4. The van der Waals surface area contributed by atoms with E-state index in [9.17, 15) is 24.8 Å². The first-order valence-corrected chi connectivity index (χ1v) is 12.1. The predicted octanol–water partition coefficient (Wildman–Crippen LogP) is 5.46. The Labute approximate surface area is 215 Å². The molecule has 0 spiro atoms. The Hall–Kier alpha value is -4.57. The van der Waals surface area contributed by atoms with Crippen LogP contribution in [0.5, 0.6) is 5.75 Å². The molecule has 2 heterocycles. The molecule has 1 aliphatic heterocycles. The van der Waals surface area contributed by atoms with Crippen molar-refractivity contribution in [3.63, 3.8) is 0 Å². The number of aliphatic hydroxyl groups is 1. The standard InChI is InChI=1S/C27H21N3O6S/c1-14-11-15(2)22-20(12-14)37-27(28-22)29-23(17-5-4-6-18(13-17)30(34)35)21(25(32)26(29)33)24(31)16-7-9-19(36-3)10-8-16/h4-13,23,31H,1-3H3/b24-21+. The molecular weight excluding hydrogens is 494 g/mol. The number of hydrogen-bond acceptors (Lipinski definition) is 8. The fourth-order valence-electron chi connectivity index (χ4n) is 4.52. The number of hydrogen-bond donors (Lipinski definition) is 1. The summed E-state index contributed by atoms with van der Waals surface area (Å²) in [7, 11) is 1.50. The third-order valence-electron chi connectivity index (χ3n) is 6.23. The number of anilines is 1. The maximum Gasteiger partial charge on any atom is 0.301 e. The van der Waals surface area contributed by atoms with Gasteiger partial charge in [-0.3, -0.25) is 24.6 Å². The number of benzene rings is 3. The fraction of sp³-hybridized carbons (Fsp3) is 0.148. The van der Waals surface area contributed by atoms with Gasteiger partial charge in [0.15, 0.2) is 5.13 Å². The van der Waals surface area contributed by atoms with Crippen LogP contribution in [-0.2, 0) is 9.59 Å². The van der Waals surface area contributed by atoms with Gasteiger partial charge in [0.2, 0.25) is 0 Å². The number of nitro benzene ring substituents is 1. The Morgan fingerprint density at radius 3 is 2.51 bits per heavy atom. The Morgan fingerprint density at radius 1 is 1.11 bits per heavy atom. The minimum absolute atomic E-state index is 0.178. The molecule has 37 heavy (non-hydrogen) atoms. The van der Waals surface area contributed by atoms with Crippen LogP contribution in [0, 0.1) is 24.0 Å². The number of aryl methyl sites for hydroxylation is 2. The van der Waals surface area contributed by atoms with Gasteiger partial charge in [-0.05, 0) is 60.9 Å². The van der Waals surface area contributed by atoms with Crippen molar-refractivity contribution in [2.75, 3.05) is 12.0 Å². The second kappa shape index (κ2) is 9.14. The molecule has 10 heteroatoms. The SMILES string of the molecule is COc1ccc(/C(O)=C2\C(=O)C(=O)N(c3nc4c(C)cc(C)cc4s3)C2c2cccc([N+](=O)[O-])c2)cc1. The van der Waals surface area contributed by atoms with Crippen molar-refractivity contribution in [3.8, 4) is 5.75 Å². The van der Waals surface area contributed by atoms with Crippen molar-refractivity contribution in [2.24, 2.45) is 0 Å². The van der Waals surface area contributed by atoms with E-state index in [0.29, 0.717) is 22.4 Å². The van der Waals surface area contributed by atoms with Gasteiger partial charge in [-0.1, -0.05) is 29.5 Å². The van der Waals surface area contributed by atoms with E-state index in [2.05, 4.69) is 4.98 Å². The van der Waals surface area contributed by atoms with E-state index < -0.39 is 28.4 Å². The number of ketones is 1. The van der Waals surface area contributed by atoms with Gasteiger partial charge in [0.1, 0.15) is 11.5 Å². The van der Waals surface area contributed by atoms with E-state index in [0.717, 1.165) is 15.8 Å². The lowest BCUT2D eigenvalue weighted by molar-refractivity contribution is -0.384. The molecule has 0 radical (unpaired) electrons. The molecule has 0 saturated carbocycles. The first-order chi connectivity index (χ1) is 17.7. The summed E-state index contributed by atoms with van der Waals surface area (Å²) >= 11 is 1.24. The highest BCUT2D eigenvalue weighted by molar-refractivity contribution is 7.22. The molecule has 4 aromatic rings. The van der Waals surface area contributed by atoms with Crippen LogP contribution in [0.15, 0.2) is 66.2 Å². The van der Waals surface area contributed by atoms with Crippen molar-refractivity contribution in [3.05, 3.63) is 98.6 Å². The zero-order valence-corrected chi connectivity index (χ0v) is 20.9. The van der Waals surface area contributed by atoms with Crippen LogP contribution in [0.25, 0.3) is 16.0 Å². The van der Waals surface area contributed by atoms with Gasteiger partial charge in [-0.15, -0.1) is 0 Å². The second-order valence-corrected chi connectivity index (χ2v) is 9.68. The van der Waals surface area contributed by atoms with Crippen molar-refractivity contribution < 1.29 is 24.4 Å². The molecule has 5 rings (SSSR count). The van der Waals surface area contributed by atoms with Crippen LogP contribution >= 0.6 is 11.3 Å². The highest BCUT2D eigenvalue weighted by Crippen LogP contribution is 2.45. The number of nitro groups is 1. The minimum atomic E-state index is -1.12. The van der Waals surface area contributed by atoms with Crippen LogP contribution in [0.3, 0.4) is 0 Å². The highest BCUT2D eigenvalue weighted by atomic mass is 32.1. The van der Waals surface area contributed by atoms with Crippen molar-refractivity contribution in [2.45, 2.75) is 19.9 Å². The van der Waals surface area contributed by atoms with Gasteiger partial charge in [-0.2, -0.15) is 0 Å². The summed E-state index contributed by atoms with van der Waals surface area (Å²) in [5.41, 5.74) is 2.85. The second-order valence-electron chi connectivity index (χ2n) is 8.67. The van der Waals surface area contributed by atoms with Gasteiger partial charge in [0, 0.05) is 17.7 Å². The molecule has 0 aliphatic carbocycles. The molecule has 1 unspecified atom stereocenters. The summed E-state index contributed by atoms with van der Waals surface area (Å²) in [5.74, 6) is -1.63. The number of Topliss-reactive ketones (excluding diaryl/α,β-unsaturated/α-hetero) is 1. The minimum Gasteiger partial charge on any atom is -0.507 e. The van der Waals surface area contributed by atoms with Crippen LogP contribution in [0.4, 0.5) is 10.8 Å². The summed E-state index contributed by atoms with van der Waals surface area (Å²) in [6.45, 7) is 3.87. The van der Waals surface area contributed by atoms with Gasteiger partial charge >= 0.3 is 5.91 Å². The molecule has 1 saturated heterocycles. The number of carbonyl (C=O) groups excluding carboxylic acids is 2. The molecule has 1 amide bonds. The van der Waals surface area contributed by atoms with E-state index in [1.807, 2.05) is 26.0 Å². The average Bonchev–Trinajstić information content (AvgIpc) is 3.42. The predicted molar refractivity (Wildman–Crippen MR) is 140 cm³/mol. The van der Waals surface area contributed by atoms with Gasteiger partial charge in [0.05, 0.1) is 33.9 Å². The number of ether oxygens (including phenoxy) is 1. The highest BCUT2D eigenvalue weighted by Gasteiger charge is 2.48. The zero-order valence-electron chi connectivity index (χ0n) is 20.1. The number of thiazole rings is 1. The van der Waals surface area contributed by atoms with Gasteiger partial charge < -0.3 is 9.84 Å². The summed E-state index contributed by atoms with van der Waals surface area (Å²) in [5, 5.41) is 23.0. The normalized spacial score (nSPS) is 16.9. The average molecular weight is 516 g/mol. The topological polar surface area (TPSA) is 123 Å².